The molecule has 0 radical (unpaired) electrons. The molecule has 2 aromatic heterocycles. The van der Waals surface area contributed by atoms with E-state index in [-0.39, 0.29) is 11.9 Å². The summed E-state index contributed by atoms with van der Waals surface area (Å²) < 4.78 is 3.53. The number of amides is 2. The van der Waals surface area contributed by atoms with Crippen molar-refractivity contribution in [3.8, 4) is 0 Å². The summed E-state index contributed by atoms with van der Waals surface area (Å²) in [5, 5.41) is 14.5. The Morgan fingerprint density at radius 2 is 1.95 bits per heavy atom. The molecule has 0 fully saturated rings. The lowest BCUT2D eigenvalue weighted by Gasteiger charge is -2.09. The zero-order valence-electron chi connectivity index (χ0n) is 14.1. The van der Waals surface area contributed by atoms with Crippen LogP contribution >= 0.6 is 0 Å². The first-order valence-electron chi connectivity index (χ1n) is 7.37. The van der Waals surface area contributed by atoms with E-state index in [1.165, 1.54) is 0 Å². The van der Waals surface area contributed by atoms with Crippen LogP contribution in [0.1, 0.15) is 42.4 Å². The standard InChI is InChI=1S/C15H24N6O/c1-9(2)14-13(8-20(5)19-14)17-15(22)16-7-12-10(3)18-21(6)11(12)4/h8-9H,7H2,1-6H3,(H2,16,17,22). The summed E-state index contributed by atoms with van der Waals surface area (Å²) in [7, 11) is 3.74. The molecule has 0 bridgehead atoms. The Hall–Kier alpha value is -2.31. The molecular formula is C15H24N6O. The summed E-state index contributed by atoms with van der Waals surface area (Å²) in [6, 6.07) is -0.238. The van der Waals surface area contributed by atoms with Gasteiger partial charge in [-0.2, -0.15) is 10.2 Å². The molecule has 0 aliphatic heterocycles. The summed E-state index contributed by atoms with van der Waals surface area (Å²) in [5.74, 6) is 0.249. The minimum absolute atomic E-state index is 0.238. The first kappa shape index (κ1) is 16.1. The van der Waals surface area contributed by atoms with E-state index in [4.69, 9.17) is 0 Å². The summed E-state index contributed by atoms with van der Waals surface area (Å²) >= 11 is 0. The van der Waals surface area contributed by atoms with E-state index in [0.29, 0.717) is 6.54 Å². The maximum absolute atomic E-state index is 12.1. The van der Waals surface area contributed by atoms with Gasteiger partial charge in [-0.15, -0.1) is 0 Å². The normalized spacial score (nSPS) is 11.0. The van der Waals surface area contributed by atoms with Crippen LogP contribution in [0.2, 0.25) is 0 Å². The monoisotopic (exact) mass is 304 g/mol. The van der Waals surface area contributed by atoms with Gasteiger partial charge in [0, 0.05) is 38.1 Å². The molecule has 7 heteroatoms. The Morgan fingerprint density at radius 3 is 2.50 bits per heavy atom. The fraction of sp³-hybridized carbons (Fsp3) is 0.533. The van der Waals surface area contributed by atoms with Crippen molar-refractivity contribution < 1.29 is 4.79 Å². The van der Waals surface area contributed by atoms with Gasteiger partial charge in [0.1, 0.15) is 0 Å². The fourth-order valence-electron chi connectivity index (χ4n) is 2.44. The zero-order valence-corrected chi connectivity index (χ0v) is 14.1. The van der Waals surface area contributed by atoms with Gasteiger partial charge in [-0.05, 0) is 19.8 Å². The van der Waals surface area contributed by atoms with Gasteiger partial charge < -0.3 is 10.6 Å². The summed E-state index contributed by atoms with van der Waals surface area (Å²) in [6.45, 7) is 8.49. The number of hydrogen-bond donors (Lipinski definition) is 2. The number of aryl methyl sites for hydroxylation is 3. The quantitative estimate of drug-likeness (QED) is 0.909. The van der Waals surface area contributed by atoms with E-state index in [1.54, 1.807) is 4.68 Å². The fourth-order valence-corrected chi connectivity index (χ4v) is 2.44. The predicted octanol–water partition coefficient (Wildman–Crippen LogP) is 2.22. The zero-order chi connectivity index (χ0) is 16.4. The highest BCUT2D eigenvalue weighted by molar-refractivity contribution is 5.89. The van der Waals surface area contributed by atoms with Crippen LogP contribution in [-0.2, 0) is 20.6 Å². The van der Waals surface area contributed by atoms with Gasteiger partial charge in [0.15, 0.2) is 0 Å². The van der Waals surface area contributed by atoms with E-state index in [1.807, 2.05) is 52.7 Å². The van der Waals surface area contributed by atoms with Crippen LogP contribution < -0.4 is 10.6 Å². The van der Waals surface area contributed by atoms with Gasteiger partial charge in [0.2, 0.25) is 0 Å². The molecule has 2 rings (SSSR count). The molecular weight excluding hydrogens is 280 g/mol. The molecule has 22 heavy (non-hydrogen) atoms. The summed E-state index contributed by atoms with van der Waals surface area (Å²) in [6.07, 6.45) is 1.81. The van der Waals surface area contributed by atoms with Gasteiger partial charge in [-0.1, -0.05) is 13.8 Å². The van der Waals surface area contributed by atoms with Crippen LogP contribution in [0.15, 0.2) is 6.20 Å². The van der Waals surface area contributed by atoms with E-state index in [9.17, 15) is 4.79 Å². The minimum atomic E-state index is -0.238. The van der Waals surface area contributed by atoms with Crippen LogP contribution in [-0.4, -0.2) is 25.6 Å². The lowest BCUT2D eigenvalue weighted by atomic mass is 10.1. The van der Waals surface area contributed by atoms with Crippen LogP contribution in [0.25, 0.3) is 0 Å². The molecule has 0 aromatic carbocycles. The molecule has 2 aromatic rings. The minimum Gasteiger partial charge on any atom is -0.334 e. The maximum atomic E-state index is 12.1. The second-order valence-electron chi connectivity index (χ2n) is 5.84. The Balaban J connectivity index is 2.02. The van der Waals surface area contributed by atoms with Crippen molar-refractivity contribution in [3.63, 3.8) is 0 Å². The molecule has 2 N–H and O–H groups in total. The van der Waals surface area contributed by atoms with Gasteiger partial charge in [-0.3, -0.25) is 9.36 Å². The highest BCUT2D eigenvalue weighted by atomic mass is 16.2. The van der Waals surface area contributed by atoms with Crippen molar-refractivity contribution in [2.45, 2.75) is 40.2 Å². The van der Waals surface area contributed by atoms with Crippen molar-refractivity contribution in [3.05, 3.63) is 28.8 Å². The van der Waals surface area contributed by atoms with E-state index >= 15 is 0 Å². The molecule has 0 unspecified atom stereocenters. The van der Waals surface area contributed by atoms with Gasteiger partial charge in [0.25, 0.3) is 0 Å². The molecule has 120 valence electrons. The Labute approximate surface area is 130 Å². The number of anilines is 1. The predicted molar refractivity (Wildman–Crippen MR) is 85.8 cm³/mol. The molecule has 0 spiro atoms. The summed E-state index contributed by atoms with van der Waals surface area (Å²) in [4.78, 5) is 12.1. The van der Waals surface area contributed by atoms with Crippen molar-refractivity contribution >= 4 is 11.7 Å². The second-order valence-corrected chi connectivity index (χ2v) is 5.84. The van der Waals surface area contributed by atoms with Crippen LogP contribution in [0.3, 0.4) is 0 Å². The number of carbonyl (C=O) groups excluding carboxylic acids is 1. The first-order valence-corrected chi connectivity index (χ1v) is 7.37. The maximum Gasteiger partial charge on any atom is 0.319 e. The number of nitrogens with zero attached hydrogens (tertiary/aromatic N) is 4. The van der Waals surface area contributed by atoms with Crippen molar-refractivity contribution in [1.29, 1.82) is 0 Å². The first-order chi connectivity index (χ1) is 10.3. The molecule has 7 nitrogen and oxygen atoms in total. The molecule has 0 saturated carbocycles. The average molecular weight is 304 g/mol. The number of urea groups is 1. The smallest absolute Gasteiger partial charge is 0.319 e. The van der Waals surface area contributed by atoms with E-state index in [2.05, 4.69) is 20.8 Å². The van der Waals surface area contributed by atoms with Gasteiger partial charge in [0.05, 0.1) is 17.1 Å². The van der Waals surface area contributed by atoms with Crippen LogP contribution in [0.4, 0.5) is 10.5 Å². The van der Waals surface area contributed by atoms with E-state index in [0.717, 1.165) is 28.3 Å². The summed E-state index contributed by atoms with van der Waals surface area (Å²) in [5.41, 5.74) is 4.67. The number of rotatable bonds is 4. The van der Waals surface area contributed by atoms with Crippen LogP contribution in [0.5, 0.6) is 0 Å². The highest BCUT2D eigenvalue weighted by Crippen LogP contribution is 2.21. The van der Waals surface area contributed by atoms with Crippen molar-refractivity contribution in [2.75, 3.05) is 5.32 Å². The van der Waals surface area contributed by atoms with Crippen LogP contribution in [0, 0.1) is 13.8 Å². The second kappa shape index (κ2) is 6.21. The van der Waals surface area contributed by atoms with Crippen molar-refractivity contribution in [2.24, 2.45) is 14.1 Å². The van der Waals surface area contributed by atoms with Crippen molar-refractivity contribution in [1.82, 2.24) is 24.9 Å². The Morgan fingerprint density at radius 1 is 1.27 bits per heavy atom. The van der Waals surface area contributed by atoms with Gasteiger partial charge >= 0.3 is 6.03 Å². The molecule has 0 aliphatic rings. The number of carbonyl (C=O) groups is 1. The SMILES string of the molecule is Cc1nn(C)c(C)c1CNC(=O)Nc1cn(C)nc1C(C)C. The number of aromatic nitrogens is 4. The third-order valence-corrected chi connectivity index (χ3v) is 3.74. The molecule has 2 amide bonds. The van der Waals surface area contributed by atoms with Gasteiger partial charge in [-0.25, -0.2) is 4.79 Å². The molecule has 0 aliphatic carbocycles. The lowest BCUT2D eigenvalue weighted by Crippen LogP contribution is -2.28. The Kier molecular flexibility index (Phi) is 4.54. The third-order valence-electron chi connectivity index (χ3n) is 3.74. The molecule has 0 atom stereocenters. The molecule has 0 saturated heterocycles. The Bertz CT molecular complexity index is 683. The largest absolute Gasteiger partial charge is 0.334 e. The lowest BCUT2D eigenvalue weighted by molar-refractivity contribution is 0.251. The third kappa shape index (κ3) is 3.29. The number of nitrogens with one attached hydrogen (secondary N) is 2. The average Bonchev–Trinajstić information content (AvgIpc) is 2.89. The molecule has 2 heterocycles. The number of hydrogen-bond acceptors (Lipinski definition) is 3. The highest BCUT2D eigenvalue weighted by Gasteiger charge is 2.15. The van der Waals surface area contributed by atoms with E-state index < -0.39 is 0 Å². The topological polar surface area (TPSA) is 76.8 Å².